The van der Waals surface area contributed by atoms with E-state index in [0.717, 1.165) is 5.56 Å². The molecule has 14 heteroatoms. The molecule has 2 N–H and O–H groups in total. The highest BCUT2D eigenvalue weighted by molar-refractivity contribution is 7.56. The second kappa shape index (κ2) is 16.3. The number of hydrogen-bond donors (Lipinski definition) is 2. The van der Waals surface area contributed by atoms with E-state index in [1.54, 1.807) is 47.8 Å². The number of fused-ring (bicyclic) bond motifs is 1. The van der Waals surface area contributed by atoms with Crippen molar-refractivity contribution in [2.75, 3.05) is 26.9 Å². The number of amides is 3. The van der Waals surface area contributed by atoms with Gasteiger partial charge in [0.25, 0.3) is 0 Å². The number of ether oxygens (including phenoxy) is 3. The highest BCUT2D eigenvalue weighted by atomic mass is 31.2. The molecule has 298 valence electrons. The van der Waals surface area contributed by atoms with Gasteiger partial charge in [0.05, 0.1) is 38.1 Å². The monoisotopic (exact) mass is 778 g/mol. The molecule has 5 atom stereocenters. The summed E-state index contributed by atoms with van der Waals surface area (Å²) in [6, 6.07) is 14.9. The van der Waals surface area contributed by atoms with Gasteiger partial charge in [0.2, 0.25) is 11.8 Å². The SMILES string of the molecule is C=CC1CC1(NC(=O)[C@@H]1C[C@@H](Oc2cc(-c3ccccc3)nc3cc(OC)ccc23)CN1C(=O)[C@@H](NC(=O)OC(C)(C)C)C(C)(C)C)P(=O)(OCC)OCC. The Balaban J connectivity index is 1.54. The fourth-order valence-electron chi connectivity index (χ4n) is 6.94. The van der Waals surface area contributed by atoms with Gasteiger partial charge in [-0.2, -0.15) is 0 Å². The van der Waals surface area contributed by atoms with Crippen molar-refractivity contribution in [2.24, 2.45) is 11.3 Å². The van der Waals surface area contributed by atoms with Gasteiger partial charge in [0.15, 0.2) is 0 Å². The van der Waals surface area contributed by atoms with Gasteiger partial charge < -0.3 is 38.8 Å². The zero-order valence-corrected chi connectivity index (χ0v) is 34.2. The van der Waals surface area contributed by atoms with Crippen LogP contribution in [0.5, 0.6) is 11.5 Å². The predicted molar refractivity (Wildman–Crippen MR) is 211 cm³/mol. The third-order valence-corrected chi connectivity index (χ3v) is 12.5. The molecule has 5 rings (SSSR count). The lowest BCUT2D eigenvalue weighted by molar-refractivity contribution is -0.142. The molecule has 1 aliphatic heterocycles. The van der Waals surface area contributed by atoms with E-state index in [0.29, 0.717) is 34.5 Å². The van der Waals surface area contributed by atoms with Crippen LogP contribution in [-0.4, -0.2) is 83.7 Å². The number of pyridine rings is 1. The maximum Gasteiger partial charge on any atom is 0.408 e. The van der Waals surface area contributed by atoms with Crippen molar-refractivity contribution in [3.8, 4) is 22.8 Å². The van der Waals surface area contributed by atoms with E-state index >= 15 is 0 Å². The number of alkyl carbamates (subject to hydrolysis) is 1. The summed E-state index contributed by atoms with van der Waals surface area (Å²) in [5, 5.41) is 5.13. The molecular formula is C41H55N4O9P. The molecule has 0 spiro atoms. The Labute approximate surface area is 324 Å². The molecular weight excluding hydrogens is 723 g/mol. The third-order valence-electron chi connectivity index (χ3n) is 9.66. The van der Waals surface area contributed by atoms with Crippen molar-refractivity contribution < 1.29 is 42.2 Å². The summed E-state index contributed by atoms with van der Waals surface area (Å²) in [6.45, 7) is 18.2. The van der Waals surface area contributed by atoms with Crippen molar-refractivity contribution in [1.82, 2.24) is 20.5 Å². The average Bonchev–Trinajstić information content (AvgIpc) is 3.69. The molecule has 2 heterocycles. The van der Waals surface area contributed by atoms with Crippen molar-refractivity contribution in [2.45, 2.75) is 97.3 Å². The molecule has 2 fully saturated rings. The quantitative estimate of drug-likeness (QED) is 0.124. The molecule has 13 nitrogen and oxygen atoms in total. The van der Waals surface area contributed by atoms with Gasteiger partial charge in [-0.25, -0.2) is 9.78 Å². The van der Waals surface area contributed by atoms with Gasteiger partial charge in [-0.3, -0.25) is 14.2 Å². The minimum Gasteiger partial charge on any atom is -0.497 e. The summed E-state index contributed by atoms with van der Waals surface area (Å²) < 4.78 is 43.5. The topological polar surface area (TPSA) is 155 Å². The van der Waals surface area contributed by atoms with Crippen molar-refractivity contribution in [1.29, 1.82) is 0 Å². The van der Waals surface area contributed by atoms with Crippen molar-refractivity contribution in [3.63, 3.8) is 0 Å². The van der Waals surface area contributed by atoms with E-state index in [-0.39, 0.29) is 32.1 Å². The molecule has 3 aromatic rings. The third kappa shape index (κ3) is 9.17. The maximum atomic E-state index is 14.7. The van der Waals surface area contributed by atoms with Crippen molar-refractivity contribution >= 4 is 36.4 Å². The molecule has 1 aliphatic carbocycles. The van der Waals surface area contributed by atoms with Gasteiger partial charge >= 0.3 is 13.7 Å². The largest absolute Gasteiger partial charge is 0.497 e. The van der Waals surface area contributed by atoms with E-state index in [9.17, 15) is 18.9 Å². The van der Waals surface area contributed by atoms with Crippen LogP contribution in [0.4, 0.5) is 4.79 Å². The normalized spacial score (nSPS) is 21.8. The molecule has 1 aromatic heterocycles. The number of nitrogens with one attached hydrogen (secondary N) is 2. The second-order valence-electron chi connectivity index (χ2n) is 16.0. The van der Waals surface area contributed by atoms with E-state index in [1.807, 2.05) is 75.4 Å². The first-order chi connectivity index (χ1) is 25.9. The second-order valence-corrected chi connectivity index (χ2v) is 18.3. The Kier molecular flexibility index (Phi) is 12.4. The van der Waals surface area contributed by atoms with Crippen LogP contribution < -0.4 is 20.1 Å². The van der Waals surface area contributed by atoms with Crippen LogP contribution in [-0.2, 0) is 27.9 Å². The lowest BCUT2D eigenvalue weighted by atomic mass is 9.85. The van der Waals surface area contributed by atoms with Crippen LogP contribution in [0.3, 0.4) is 0 Å². The van der Waals surface area contributed by atoms with E-state index < -0.39 is 60.0 Å². The first kappa shape index (κ1) is 41.7. The molecule has 2 aliphatic rings. The first-order valence-electron chi connectivity index (χ1n) is 18.7. The van der Waals surface area contributed by atoms with Gasteiger partial charge in [0, 0.05) is 35.4 Å². The summed E-state index contributed by atoms with van der Waals surface area (Å²) >= 11 is 0. The minimum absolute atomic E-state index is 0.00655. The van der Waals surface area contributed by atoms with Crippen LogP contribution >= 0.6 is 7.60 Å². The number of likely N-dealkylation sites (tertiary alicyclic amines) is 1. The molecule has 2 unspecified atom stereocenters. The predicted octanol–water partition coefficient (Wildman–Crippen LogP) is 7.48. The number of hydrogen-bond acceptors (Lipinski definition) is 10. The number of carbonyl (C=O) groups excluding carboxylic acids is 3. The molecule has 2 aromatic carbocycles. The molecule has 0 radical (unpaired) electrons. The van der Waals surface area contributed by atoms with Crippen LogP contribution in [0.15, 0.2) is 67.3 Å². The van der Waals surface area contributed by atoms with E-state index in [1.165, 1.54) is 4.90 Å². The Morgan fingerprint density at radius 2 is 1.71 bits per heavy atom. The van der Waals surface area contributed by atoms with Gasteiger partial charge in [0.1, 0.15) is 40.6 Å². The van der Waals surface area contributed by atoms with Crippen LogP contribution in [0.2, 0.25) is 0 Å². The zero-order valence-electron chi connectivity index (χ0n) is 33.3. The van der Waals surface area contributed by atoms with Crippen LogP contribution in [0.1, 0.15) is 68.2 Å². The van der Waals surface area contributed by atoms with E-state index in [4.69, 9.17) is 28.2 Å². The fraction of sp³-hybridized carbons (Fsp3) is 0.512. The number of carbonyl (C=O) groups is 3. The zero-order chi connectivity index (χ0) is 40.3. The number of nitrogens with zero attached hydrogens (tertiary/aromatic N) is 2. The Bertz CT molecular complexity index is 1930. The number of methoxy groups -OCH3 is 1. The maximum absolute atomic E-state index is 14.7. The molecule has 0 bridgehead atoms. The first-order valence-corrected chi connectivity index (χ1v) is 20.3. The molecule has 55 heavy (non-hydrogen) atoms. The van der Waals surface area contributed by atoms with Gasteiger partial charge in [-0.1, -0.05) is 57.2 Å². The van der Waals surface area contributed by atoms with Gasteiger partial charge in [-0.05, 0) is 58.6 Å². The average molecular weight is 779 g/mol. The molecule has 3 amide bonds. The van der Waals surface area contributed by atoms with Crippen LogP contribution in [0.25, 0.3) is 22.2 Å². The Hall–Kier alpha value is -4.45. The lowest BCUT2D eigenvalue weighted by Gasteiger charge is -2.36. The standard InChI is InChI=1S/C41H55N4O9P/c1-11-27-24-41(27,55(49,51-12-2)52-13-3)44-36(46)33-22-29(25-45(33)37(47)35(39(4,5)6)43-38(48)54-40(7,8)9)53-34-23-31(26-17-15-14-16-18-26)42-32-21-28(50-10)19-20-30(32)34/h11,14-21,23,27,29,33,35H,1,12-13,22,24-25H2,2-10H3,(H,43,48)(H,44,46)/t27?,29-,33+,35-,41?/m1/s1. The fourth-order valence-corrected chi connectivity index (χ4v) is 9.33. The highest BCUT2D eigenvalue weighted by Gasteiger charge is 2.68. The summed E-state index contributed by atoms with van der Waals surface area (Å²) in [5.41, 5.74) is 0.581. The number of aromatic nitrogens is 1. The summed E-state index contributed by atoms with van der Waals surface area (Å²) in [7, 11) is -2.29. The lowest BCUT2D eigenvalue weighted by Crippen LogP contribution is -2.59. The Morgan fingerprint density at radius 3 is 2.27 bits per heavy atom. The van der Waals surface area contributed by atoms with E-state index in [2.05, 4.69) is 17.2 Å². The highest BCUT2D eigenvalue weighted by Crippen LogP contribution is 2.72. The molecule has 1 saturated carbocycles. The summed E-state index contributed by atoms with van der Waals surface area (Å²) in [5.74, 6) is -0.304. The summed E-state index contributed by atoms with van der Waals surface area (Å²) in [4.78, 5) is 48.7. The van der Waals surface area contributed by atoms with Crippen molar-refractivity contribution in [3.05, 3.63) is 67.3 Å². The number of rotatable bonds is 14. The Morgan fingerprint density at radius 1 is 1.04 bits per heavy atom. The molecule has 1 saturated heterocycles. The smallest absolute Gasteiger partial charge is 0.408 e. The van der Waals surface area contributed by atoms with Gasteiger partial charge in [-0.15, -0.1) is 6.58 Å². The summed E-state index contributed by atoms with van der Waals surface area (Å²) in [6.07, 6.45) is 0.571. The van der Waals surface area contributed by atoms with Crippen LogP contribution in [0, 0.1) is 11.3 Å². The number of benzene rings is 2. The minimum atomic E-state index is -3.87.